The number of hydrogen-bond acceptors (Lipinski definition) is 6. The van der Waals surface area contributed by atoms with Gasteiger partial charge in [-0.05, 0) is 11.4 Å². The van der Waals surface area contributed by atoms with Crippen LogP contribution in [-0.4, -0.2) is 16.2 Å². The summed E-state index contributed by atoms with van der Waals surface area (Å²) in [5.74, 6) is 0.181. The zero-order valence-electron chi connectivity index (χ0n) is 11.9. The van der Waals surface area contributed by atoms with E-state index < -0.39 is 5.56 Å². The molecule has 0 bridgehead atoms. The summed E-state index contributed by atoms with van der Waals surface area (Å²) in [5.41, 5.74) is 3.18. The molecule has 2 N–H and O–H groups in total. The standard InChI is InChI=1S/C16H11N5OS/c17-9-13-14(11-5-2-1-3-6-11)19-16(20-15(13)22)21-18-10-12-7-4-8-23-12/h1-8,10H,(H2,19,20,21,22)/b18-10+. The van der Waals surface area contributed by atoms with Crippen molar-refractivity contribution in [1.29, 1.82) is 5.26 Å². The van der Waals surface area contributed by atoms with Gasteiger partial charge in [-0.2, -0.15) is 10.4 Å². The fourth-order valence-corrected chi connectivity index (χ4v) is 2.54. The van der Waals surface area contributed by atoms with E-state index in [2.05, 4.69) is 20.5 Å². The molecule has 0 amide bonds. The second-order valence-electron chi connectivity index (χ2n) is 4.50. The molecule has 0 radical (unpaired) electrons. The van der Waals surface area contributed by atoms with Crippen LogP contribution in [0.15, 0.2) is 57.7 Å². The van der Waals surface area contributed by atoms with Crippen molar-refractivity contribution in [3.8, 4) is 17.3 Å². The van der Waals surface area contributed by atoms with E-state index >= 15 is 0 Å². The lowest BCUT2D eigenvalue weighted by atomic mass is 10.1. The summed E-state index contributed by atoms with van der Waals surface area (Å²) >= 11 is 1.54. The molecule has 3 aromatic rings. The van der Waals surface area contributed by atoms with Gasteiger partial charge in [0.2, 0.25) is 5.95 Å². The summed E-state index contributed by atoms with van der Waals surface area (Å²) in [5, 5.41) is 15.2. The molecule has 7 heteroatoms. The number of thiophene rings is 1. The van der Waals surface area contributed by atoms with Gasteiger partial charge in [0.05, 0.1) is 11.9 Å². The molecule has 0 aliphatic carbocycles. The maximum absolute atomic E-state index is 12.0. The third-order valence-electron chi connectivity index (χ3n) is 2.98. The first-order valence-electron chi connectivity index (χ1n) is 6.70. The Labute approximate surface area is 135 Å². The summed E-state index contributed by atoms with van der Waals surface area (Å²) in [4.78, 5) is 19.8. The Morgan fingerprint density at radius 2 is 2.09 bits per heavy atom. The lowest BCUT2D eigenvalue weighted by Gasteiger charge is -2.05. The number of anilines is 1. The van der Waals surface area contributed by atoms with Crippen LogP contribution in [0.2, 0.25) is 0 Å². The molecule has 0 atom stereocenters. The van der Waals surface area contributed by atoms with Crippen LogP contribution in [0.25, 0.3) is 11.3 Å². The topological polar surface area (TPSA) is 93.9 Å². The molecule has 0 unspecified atom stereocenters. The van der Waals surface area contributed by atoms with Gasteiger partial charge in [-0.1, -0.05) is 36.4 Å². The van der Waals surface area contributed by atoms with Crippen molar-refractivity contribution in [2.24, 2.45) is 5.10 Å². The summed E-state index contributed by atoms with van der Waals surface area (Å²) in [6, 6.07) is 14.8. The lowest BCUT2D eigenvalue weighted by molar-refractivity contribution is 1.08. The average molecular weight is 321 g/mol. The number of rotatable bonds is 4. The fourth-order valence-electron chi connectivity index (χ4n) is 1.96. The first kappa shape index (κ1) is 14.7. The third-order valence-corrected chi connectivity index (χ3v) is 3.79. The molecule has 0 aliphatic heterocycles. The number of aromatic nitrogens is 2. The van der Waals surface area contributed by atoms with E-state index in [4.69, 9.17) is 0 Å². The van der Waals surface area contributed by atoms with Gasteiger partial charge in [0.15, 0.2) is 0 Å². The zero-order valence-corrected chi connectivity index (χ0v) is 12.7. The molecule has 1 aromatic carbocycles. The molecule has 0 aliphatic rings. The molecule has 0 fully saturated rings. The Morgan fingerprint density at radius 1 is 1.26 bits per heavy atom. The first-order valence-corrected chi connectivity index (χ1v) is 7.58. The van der Waals surface area contributed by atoms with Crippen LogP contribution in [0.1, 0.15) is 10.4 Å². The summed E-state index contributed by atoms with van der Waals surface area (Å²) < 4.78 is 0. The summed E-state index contributed by atoms with van der Waals surface area (Å²) in [6.45, 7) is 0. The van der Waals surface area contributed by atoms with Crippen LogP contribution < -0.4 is 11.0 Å². The van der Waals surface area contributed by atoms with Crippen molar-refractivity contribution >= 4 is 23.5 Å². The van der Waals surface area contributed by atoms with Crippen molar-refractivity contribution in [1.82, 2.24) is 9.97 Å². The predicted molar refractivity (Wildman–Crippen MR) is 90.5 cm³/mol. The molecule has 3 rings (SSSR count). The zero-order chi connectivity index (χ0) is 16.1. The van der Waals surface area contributed by atoms with Crippen molar-refractivity contribution in [3.05, 3.63) is 68.6 Å². The molecule has 23 heavy (non-hydrogen) atoms. The molecule has 0 saturated heterocycles. The van der Waals surface area contributed by atoms with Gasteiger partial charge >= 0.3 is 0 Å². The van der Waals surface area contributed by atoms with E-state index in [1.807, 2.05) is 41.8 Å². The van der Waals surface area contributed by atoms with Gasteiger partial charge in [0.1, 0.15) is 11.6 Å². The predicted octanol–water partition coefficient (Wildman–Crippen LogP) is 2.82. The van der Waals surface area contributed by atoms with Crippen molar-refractivity contribution in [2.75, 3.05) is 5.43 Å². The monoisotopic (exact) mass is 321 g/mol. The number of nitrogens with one attached hydrogen (secondary N) is 2. The third kappa shape index (κ3) is 3.33. The van der Waals surface area contributed by atoms with Crippen molar-refractivity contribution in [2.45, 2.75) is 0 Å². The Hall–Kier alpha value is -3.24. The van der Waals surface area contributed by atoms with E-state index in [1.54, 1.807) is 29.7 Å². The van der Waals surface area contributed by atoms with E-state index in [1.165, 1.54) is 0 Å². The van der Waals surface area contributed by atoms with Crippen molar-refractivity contribution < 1.29 is 0 Å². The minimum absolute atomic E-state index is 0.0241. The van der Waals surface area contributed by atoms with Crippen LogP contribution >= 0.6 is 11.3 Å². The minimum atomic E-state index is -0.504. The second kappa shape index (κ2) is 6.68. The Kier molecular flexibility index (Phi) is 4.27. The van der Waals surface area contributed by atoms with E-state index in [0.717, 1.165) is 4.88 Å². The van der Waals surface area contributed by atoms with E-state index in [-0.39, 0.29) is 11.5 Å². The number of hydrogen-bond donors (Lipinski definition) is 2. The van der Waals surface area contributed by atoms with Crippen molar-refractivity contribution in [3.63, 3.8) is 0 Å². The fraction of sp³-hybridized carbons (Fsp3) is 0. The molecule has 2 aromatic heterocycles. The number of nitriles is 1. The first-order chi connectivity index (χ1) is 11.3. The van der Waals surface area contributed by atoms with Crippen LogP contribution in [0.4, 0.5) is 5.95 Å². The average Bonchev–Trinajstić information content (AvgIpc) is 3.08. The SMILES string of the molecule is N#Cc1c(-c2ccccc2)nc(N/N=C/c2cccs2)[nH]c1=O. The molecule has 2 heterocycles. The van der Waals surface area contributed by atoms with Crippen LogP contribution in [-0.2, 0) is 0 Å². The maximum Gasteiger partial charge on any atom is 0.270 e. The molecular weight excluding hydrogens is 310 g/mol. The normalized spacial score (nSPS) is 10.6. The van der Waals surface area contributed by atoms with Gasteiger partial charge in [-0.15, -0.1) is 11.3 Å². The van der Waals surface area contributed by atoms with Gasteiger partial charge in [0, 0.05) is 10.4 Å². The van der Waals surface area contributed by atoms with Crippen LogP contribution in [0.3, 0.4) is 0 Å². The lowest BCUT2D eigenvalue weighted by Crippen LogP contribution is -2.16. The number of hydrazone groups is 1. The van der Waals surface area contributed by atoms with Crippen LogP contribution in [0.5, 0.6) is 0 Å². The highest BCUT2D eigenvalue weighted by Crippen LogP contribution is 2.19. The Morgan fingerprint density at radius 3 is 2.78 bits per heavy atom. The van der Waals surface area contributed by atoms with Gasteiger partial charge in [-0.25, -0.2) is 10.4 Å². The molecule has 0 spiro atoms. The van der Waals surface area contributed by atoms with Gasteiger partial charge < -0.3 is 0 Å². The van der Waals surface area contributed by atoms with Crippen LogP contribution in [0, 0.1) is 11.3 Å². The highest BCUT2D eigenvalue weighted by molar-refractivity contribution is 7.11. The largest absolute Gasteiger partial charge is 0.290 e. The number of nitrogens with zero attached hydrogens (tertiary/aromatic N) is 3. The highest BCUT2D eigenvalue weighted by Gasteiger charge is 2.12. The smallest absolute Gasteiger partial charge is 0.270 e. The molecule has 0 saturated carbocycles. The quantitative estimate of drug-likeness (QED) is 0.570. The molecule has 112 valence electrons. The van der Waals surface area contributed by atoms with E-state index in [0.29, 0.717) is 11.3 Å². The summed E-state index contributed by atoms with van der Waals surface area (Å²) in [7, 11) is 0. The van der Waals surface area contributed by atoms with E-state index in [9.17, 15) is 10.1 Å². The highest BCUT2D eigenvalue weighted by atomic mass is 32.1. The Bertz CT molecular complexity index is 923. The number of H-pyrrole nitrogens is 1. The second-order valence-corrected chi connectivity index (χ2v) is 5.48. The minimum Gasteiger partial charge on any atom is -0.290 e. The maximum atomic E-state index is 12.0. The Balaban J connectivity index is 1.95. The molecular formula is C16H11N5OS. The van der Waals surface area contributed by atoms with Gasteiger partial charge in [0.25, 0.3) is 5.56 Å². The number of benzene rings is 1. The number of aromatic amines is 1. The molecule has 6 nitrogen and oxygen atoms in total. The van der Waals surface area contributed by atoms with Gasteiger partial charge in [-0.3, -0.25) is 9.78 Å². The summed E-state index contributed by atoms with van der Waals surface area (Å²) in [6.07, 6.45) is 1.63.